The molecule has 0 N–H and O–H groups in total. The van der Waals surface area contributed by atoms with E-state index in [0.29, 0.717) is 0 Å². The lowest BCUT2D eigenvalue weighted by atomic mass is 10.1. The average molecular weight is 195 g/mol. The fourth-order valence-electron chi connectivity index (χ4n) is 1.43. The first kappa shape index (κ1) is 13.4. The number of rotatable bonds is 8. The topological polar surface area (TPSA) is 12.4 Å². The summed E-state index contributed by atoms with van der Waals surface area (Å²) in [5, 5.41) is 0. The van der Waals surface area contributed by atoms with Crippen molar-refractivity contribution in [2.45, 2.75) is 65.7 Å². The van der Waals surface area contributed by atoms with Crippen molar-refractivity contribution in [3.8, 4) is 0 Å². The quantitative estimate of drug-likeness (QED) is 0.392. The van der Waals surface area contributed by atoms with Crippen molar-refractivity contribution in [3.05, 3.63) is 12.3 Å². The lowest BCUT2D eigenvalue weighted by Crippen LogP contribution is -1.90. The van der Waals surface area contributed by atoms with E-state index in [1.54, 1.807) is 0 Å². The molecule has 0 amide bonds. The van der Waals surface area contributed by atoms with Crippen molar-refractivity contribution >= 4 is 5.71 Å². The van der Waals surface area contributed by atoms with Crippen LogP contribution in [0.3, 0.4) is 0 Å². The molecule has 0 aromatic rings. The standard InChI is InChI=1S/C13H25N/c1-4-6-7-8-9-10-11-13(3)14-12-5-2/h5,12H,4,6-11H2,1-3H3/b12-5-,14-13?. The molecule has 0 saturated carbocycles. The number of nitrogens with zero attached hydrogens (tertiary/aromatic N) is 1. The van der Waals surface area contributed by atoms with Crippen LogP contribution in [0, 0.1) is 0 Å². The Kier molecular flexibility index (Phi) is 10.0. The Balaban J connectivity index is 3.27. The second-order valence-corrected chi connectivity index (χ2v) is 3.86. The second kappa shape index (κ2) is 10.5. The zero-order chi connectivity index (χ0) is 10.6. The molecule has 0 aromatic heterocycles. The van der Waals surface area contributed by atoms with Crippen LogP contribution in [0.4, 0.5) is 0 Å². The summed E-state index contributed by atoms with van der Waals surface area (Å²) in [4.78, 5) is 4.31. The van der Waals surface area contributed by atoms with Crippen LogP contribution in [0.5, 0.6) is 0 Å². The molecule has 0 aromatic carbocycles. The first-order valence-corrected chi connectivity index (χ1v) is 5.95. The summed E-state index contributed by atoms with van der Waals surface area (Å²) in [5.41, 5.74) is 1.26. The summed E-state index contributed by atoms with van der Waals surface area (Å²) in [5.74, 6) is 0. The molecule has 0 radical (unpaired) electrons. The van der Waals surface area contributed by atoms with Crippen molar-refractivity contribution in [2.24, 2.45) is 4.99 Å². The van der Waals surface area contributed by atoms with Gasteiger partial charge in [-0.1, -0.05) is 45.1 Å². The van der Waals surface area contributed by atoms with Gasteiger partial charge in [0.15, 0.2) is 0 Å². The van der Waals surface area contributed by atoms with Gasteiger partial charge in [0.05, 0.1) is 0 Å². The predicted molar refractivity (Wildman–Crippen MR) is 65.9 cm³/mol. The molecule has 14 heavy (non-hydrogen) atoms. The monoisotopic (exact) mass is 195 g/mol. The first-order valence-electron chi connectivity index (χ1n) is 5.95. The van der Waals surface area contributed by atoms with Gasteiger partial charge in [-0.05, 0) is 26.7 Å². The minimum atomic E-state index is 1.16. The van der Waals surface area contributed by atoms with Gasteiger partial charge in [0.1, 0.15) is 0 Å². The van der Waals surface area contributed by atoms with E-state index in [4.69, 9.17) is 0 Å². The Hall–Kier alpha value is -0.590. The van der Waals surface area contributed by atoms with Crippen molar-refractivity contribution in [1.82, 2.24) is 0 Å². The summed E-state index contributed by atoms with van der Waals surface area (Å²) in [6.45, 7) is 6.38. The molecule has 0 aliphatic heterocycles. The second-order valence-electron chi connectivity index (χ2n) is 3.86. The molecule has 82 valence electrons. The third-order valence-electron chi connectivity index (χ3n) is 2.34. The van der Waals surface area contributed by atoms with Crippen LogP contribution in [0.15, 0.2) is 17.3 Å². The van der Waals surface area contributed by atoms with E-state index in [9.17, 15) is 0 Å². The van der Waals surface area contributed by atoms with Crippen LogP contribution in [-0.2, 0) is 0 Å². The molecule has 0 rings (SSSR count). The molecular weight excluding hydrogens is 170 g/mol. The Bertz CT molecular complexity index is 168. The van der Waals surface area contributed by atoms with Gasteiger partial charge in [0, 0.05) is 11.9 Å². The molecule has 0 aliphatic carbocycles. The third-order valence-corrected chi connectivity index (χ3v) is 2.34. The number of aliphatic imine (C=N–C) groups is 1. The van der Waals surface area contributed by atoms with Gasteiger partial charge in [-0.3, -0.25) is 4.99 Å². The van der Waals surface area contributed by atoms with Crippen LogP contribution in [0.25, 0.3) is 0 Å². The van der Waals surface area contributed by atoms with E-state index in [-0.39, 0.29) is 0 Å². The maximum absolute atomic E-state index is 4.31. The molecule has 1 heteroatoms. The van der Waals surface area contributed by atoms with E-state index in [0.717, 1.165) is 6.42 Å². The van der Waals surface area contributed by atoms with Crippen LogP contribution < -0.4 is 0 Å². The largest absolute Gasteiger partial charge is 0.266 e. The van der Waals surface area contributed by atoms with Crippen LogP contribution in [0.2, 0.25) is 0 Å². The van der Waals surface area contributed by atoms with Gasteiger partial charge >= 0.3 is 0 Å². The van der Waals surface area contributed by atoms with Crippen LogP contribution >= 0.6 is 0 Å². The molecule has 1 nitrogen and oxygen atoms in total. The Morgan fingerprint density at radius 3 is 2.36 bits per heavy atom. The zero-order valence-electron chi connectivity index (χ0n) is 10.1. The summed E-state index contributed by atoms with van der Waals surface area (Å²) in [7, 11) is 0. The maximum Gasteiger partial charge on any atom is 0.0224 e. The Morgan fingerprint density at radius 1 is 1.07 bits per heavy atom. The highest BCUT2D eigenvalue weighted by Crippen LogP contribution is 2.07. The lowest BCUT2D eigenvalue weighted by molar-refractivity contribution is 0.615. The van der Waals surface area contributed by atoms with Gasteiger partial charge < -0.3 is 0 Å². The van der Waals surface area contributed by atoms with Gasteiger partial charge in [-0.25, -0.2) is 0 Å². The van der Waals surface area contributed by atoms with Crippen LogP contribution in [-0.4, -0.2) is 5.71 Å². The number of allylic oxidation sites excluding steroid dienone is 1. The van der Waals surface area contributed by atoms with Crippen LogP contribution in [0.1, 0.15) is 65.7 Å². The van der Waals surface area contributed by atoms with Gasteiger partial charge in [0.2, 0.25) is 0 Å². The first-order chi connectivity index (χ1) is 6.81. The number of hydrogen-bond acceptors (Lipinski definition) is 1. The van der Waals surface area contributed by atoms with E-state index >= 15 is 0 Å². The van der Waals surface area contributed by atoms with E-state index in [1.807, 2.05) is 19.2 Å². The molecule has 0 spiro atoms. The van der Waals surface area contributed by atoms with Gasteiger partial charge in [-0.15, -0.1) is 0 Å². The molecule has 0 bridgehead atoms. The third kappa shape index (κ3) is 9.50. The summed E-state index contributed by atoms with van der Waals surface area (Å²) in [6, 6.07) is 0. The smallest absolute Gasteiger partial charge is 0.0224 e. The summed E-state index contributed by atoms with van der Waals surface area (Å²) >= 11 is 0. The molecule has 0 heterocycles. The molecule has 0 saturated heterocycles. The number of hydrogen-bond donors (Lipinski definition) is 0. The van der Waals surface area contributed by atoms with Crippen molar-refractivity contribution in [3.63, 3.8) is 0 Å². The van der Waals surface area contributed by atoms with Crippen molar-refractivity contribution in [1.29, 1.82) is 0 Å². The van der Waals surface area contributed by atoms with Crippen molar-refractivity contribution in [2.75, 3.05) is 0 Å². The van der Waals surface area contributed by atoms with E-state index in [1.165, 1.54) is 44.2 Å². The van der Waals surface area contributed by atoms with Gasteiger partial charge in [0.25, 0.3) is 0 Å². The minimum Gasteiger partial charge on any atom is -0.266 e. The van der Waals surface area contributed by atoms with Crippen molar-refractivity contribution < 1.29 is 0 Å². The molecule has 0 aliphatic rings. The highest BCUT2D eigenvalue weighted by Gasteiger charge is 1.92. The maximum atomic E-state index is 4.31. The fraction of sp³-hybridized carbons (Fsp3) is 0.769. The Labute approximate surface area is 89.3 Å². The molecule has 0 unspecified atom stereocenters. The normalized spacial score (nSPS) is 12.6. The highest BCUT2D eigenvalue weighted by molar-refractivity contribution is 5.82. The highest BCUT2D eigenvalue weighted by atomic mass is 14.7. The average Bonchev–Trinajstić information content (AvgIpc) is 2.20. The van der Waals surface area contributed by atoms with E-state index in [2.05, 4.69) is 18.8 Å². The molecule has 0 atom stereocenters. The Morgan fingerprint density at radius 2 is 1.71 bits per heavy atom. The lowest BCUT2D eigenvalue weighted by Gasteiger charge is -2.00. The van der Waals surface area contributed by atoms with Gasteiger partial charge in [-0.2, -0.15) is 0 Å². The minimum absolute atomic E-state index is 1.16. The molecular formula is C13H25N. The predicted octanol–water partition coefficient (Wildman–Crippen LogP) is 4.73. The SMILES string of the molecule is C/C=C\N=C(C)CCCCCCCC. The summed E-state index contributed by atoms with van der Waals surface area (Å²) in [6.07, 6.45) is 13.2. The fourth-order valence-corrected chi connectivity index (χ4v) is 1.43. The zero-order valence-corrected chi connectivity index (χ0v) is 10.1. The van der Waals surface area contributed by atoms with E-state index < -0.39 is 0 Å². The molecule has 0 fully saturated rings. The summed E-state index contributed by atoms with van der Waals surface area (Å²) < 4.78 is 0. The number of unbranched alkanes of at least 4 members (excludes halogenated alkanes) is 5.